The topological polar surface area (TPSA) is 123 Å². The number of nitrogens with one attached hydrogen (secondary N) is 3. The summed E-state index contributed by atoms with van der Waals surface area (Å²) in [5, 5.41) is 23.3. The third-order valence-corrected chi connectivity index (χ3v) is 6.68. The van der Waals surface area contributed by atoms with Crippen molar-refractivity contribution < 1.29 is 9.90 Å². The Balaban J connectivity index is 1.19. The minimum absolute atomic E-state index is 0.275. The molecule has 3 heterocycles. The van der Waals surface area contributed by atoms with E-state index in [4.69, 9.17) is 11.6 Å². The normalized spacial score (nSPS) is 14.6. The number of benzene rings is 2. The summed E-state index contributed by atoms with van der Waals surface area (Å²) in [6, 6.07) is 15.8. The minimum Gasteiger partial charge on any atom is -0.394 e. The Kier molecular flexibility index (Phi) is 8.21. The van der Waals surface area contributed by atoms with Gasteiger partial charge in [-0.25, -0.2) is 14.5 Å². The summed E-state index contributed by atoms with van der Waals surface area (Å²) in [5.74, 6) is 0.956. The van der Waals surface area contributed by atoms with Crippen LogP contribution in [0.1, 0.15) is 11.6 Å². The lowest BCUT2D eigenvalue weighted by Gasteiger charge is -2.34. The third-order valence-electron chi connectivity index (χ3n) is 6.45. The van der Waals surface area contributed by atoms with Crippen molar-refractivity contribution in [3.8, 4) is 5.82 Å². The monoisotopic (exact) mass is 547 g/mol. The number of likely N-dealkylation sites (N-methyl/N-ethyl adjacent to an activating group) is 1. The number of aliphatic hydroxyl groups is 1. The summed E-state index contributed by atoms with van der Waals surface area (Å²) in [5.41, 5.74) is 3.23. The van der Waals surface area contributed by atoms with E-state index in [9.17, 15) is 9.90 Å². The molecule has 0 spiro atoms. The first-order valence-corrected chi connectivity index (χ1v) is 13.0. The molecule has 1 saturated heterocycles. The number of hydrogen-bond donors (Lipinski definition) is 4. The van der Waals surface area contributed by atoms with Crippen molar-refractivity contribution in [3.05, 3.63) is 83.8 Å². The van der Waals surface area contributed by atoms with Crippen molar-refractivity contribution in [3.63, 3.8) is 0 Å². The molecule has 1 aliphatic rings. The van der Waals surface area contributed by atoms with Crippen molar-refractivity contribution in [1.29, 1.82) is 0 Å². The van der Waals surface area contributed by atoms with Crippen LogP contribution in [0.4, 0.5) is 27.8 Å². The summed E-state index contributed by atoms with van der Waals surface area (Å²) < 4.78 is 1.54. The number of carbonyl (C=O) groups is 1. The molecule has 4 N–H and O–H groups in total. The Morgan fingerprint density at radius 2 is 1.87 bits per heavy atom. The molecule has 5 rings (SSSR count). The van der Waals surface area contributed by atoms with Gasteiger partial charge in [0.25, 0.3) is 0 Å². The molecular formula is C27H30ClN9O2. The van der Waals surface area contributed by atoms with Crippen LogP contribution in [0.3, 0.4) is 0 Å². The zero-order valence-electron chi connectivity index (χ0n) is 21.5. The quantitative estimate of drug-likeness (QED) is 0.263. The van der Waals surface area contributed by atoms with E-state index in [1.165, 1.54) is 11.9 Å². The molecule has 0 bridgehead atoms. The first-order chi connectivity index (χ1) is 19.0. The number of rotatable bonds is 8. The molecule has 11 nitrogen and oxygen atoms in total. The predicted molar refractivity (Wildman–Crippen MR) is 152 cm³/mol. The van der Waals surface area contributed by atoms with Gasteiger partial charge in [0, 0.05) is 54.8 Å². The molecule has 2 aromatic carbocycles. The van der Waals surface area contributed by atoms with Crippen LogP contribution in [0.2, 0.25) is 5.02 Å². The summed E-state index contributed by atoms with van der Waals surface area (Å²) in [4.78, 5) is 26.1. The largest absolute Gasteiger partial charge is 0.394 e. The van der Waals surface area contributed by atoms with E-state index in [1.54, 1.807) is 47.4 Å². The first kappa shape index (κ1) is 26.4. The number of hydrogen-bond acceptors (Lipinski definition) is 8. The second kappa shape index (κ2) is 12.1. The molecule has 1 atom stereocenters. The van der Waals surface area contributed by atoms with Crippen molar-refractivity contribution >= 4 is 40.6 Å². The van der Waals surface area contributed by atoms with E-state index in [0.29, 0.717) is 28.0 Å². The number of piperazine rings is 1. The van der Waals surface area contributed by atoms with E-state index >= 15 is 0 Å². The van der Waals surface area contributed by atoms with Gasteiger partial charge in [-0.3, -0.25) is 0 Å². The van der Waals surface area contributed by atoms with Gasteiger partial charge in [-0.05, 0) is 49.0 Å². The molecule has 4 aromatic rings. The maximum Gasteiger partial charge on any atom is 0.319 e. The highest BCUT2D eigenvalue weighted by molar-refractivity contribution is 6.30. The number of anilines is 4. The van der Waals surface area contributed by atoms with Crippen LogP contribution < -0.4 is 20.9 Å². The van der Waals surface area contributed by atoms with E-state index in [2.05, 4.69) is 60.0 Å². The highest BCUT2D eigenvalue weighted by Gasteiger charge is 2.16. The Bertz CT molecular complexity index is 1400. The van der Waals surface area contributed by atoms with Crippen LogP contribution in [0.5, 0.6) is 0 Å². The number of halogens is 1. The van der Waals surface area contributed by atoms with E-state index < -0.39 is 12.1 Å². The molecule has 1 fully saturated rings. The lowest BCUT2D eigenvalue weighted by Crippen LogP contribution is -2.44. The standard InChI is InChI=1S/C27H30ClN9O2/c1-35-11-13-36(14-12-35)23-7-5-21(6-8-23)31-26-29-10-9-25(34-26)37-17-22(16-30-37)32-27(39)33-24(18-38)19-3-2-4-20(28)15-19/h2-10,15-17,24,38H,11-14,18H2,1H3,(H,29,31,34)(H2,32,33,39)/t24-/m1/s1. The smallest absolute Gasteiger partial charge is 0.319 e. The lowest BCUT2D eigenvalue weighted by atomic mass is 10.1. The highest BCUT2D eigenvalue weighted by Crippen LogP contribution is 2.22. The molecule has 39 heavy (non-hydrogen) atoms. The highest BCUT2D eigenvalue weighted by atomic mass is 35.5. The molecule has 0 aliphatic carbocycles. The molecule has 2 amide bonds. The zero-order valence-corrected chi connectivity index (χ0v) is 22.2. The van der Waals surface area contributed by atoms with Crippen LogP contribution in [0.25, 0.3) is 5.82 Å². The average molecular weight is 548 g/mol. The number of urea groups is 1. The van der Waals surface area contributed by atoms with Gasteiger partial charge in [0.2, 0.25) is 5.95 Å². The minimum atomic E-state index is -0.607. The molecule has 0 radical (unpaired) electrons. The fourth-order valence-electron chi connectivity index (χ4n) is 4.28. The number of carbonyl (C=O) groups excluding carboxylic acids is 1. The van der Waals surface area contributed by atoms with Gasteiger partial charge < -0.3 is 30.9 Å². The van der Waals surface area contributed by atoms with Gasteiger partial charge in [0.05, 0.1) is 30.7 Å². The number of amides is 2. The maximum absolute atomic E-state index is 12.5. The second-order valence-corrected chi connectivity index (χ2v) is 9.70. The van der Waals surface area contributed by atoms with Crippen LogP contribution in [0, 0.1) is 0 Å². The molecule has 2 aromatic heterocycles. The van der Waals surface area contributed by atoms with E-state index in [0.717, 1.165) is 31.9 Å². The van der Waals surface area contributed by atoms with Gasteiger partial charge in [0.15, 0.2) is 5.82 Å². The second-order valence-electron chi connectivity index (χ2n) is 9.26. The van der Waals surface area contributed by atoms with Gasteiger partial charge >= 0.3 is 6.03 Å². The summed E-state index contributed by atoms with van der Waals surface area (Å²) in [7, 11) is 2.15. The van der Waals surface area contributed by atoms with Gasteiger partial charge in [-0.1, -0.05) is 23.7 Å². The Morgan fingerprint density at radius 3 is 2.62 bits per heavy atom. The van der Waals surface area contributed by atoms with Crippen molar-refractivity contribution in [2.24, 2.45) is 0 Å². The van der Waals surface area contributed by atoms with Gasteiger partial charge in [-0.2, -0.15) is 10.1 Å². The van der Waals surface area contributed by atoms with Gasteiger partial charge in [-0.15, -0.1) is 0 Å². The number of nitrogens with zero attached hydrogens (tertiary/aromatic N) is 6. The van der Waals surface area contributed by atoms with Crippen LogP contribution in [-0.4, -0.2) is 75.6 Å². The van der Waals surface area contributed by atoms with Crippen LogP contribution in [-0.2, 0) is 0 Å². The fraction of sp³-hybridized carbons (Fsp3) is 0.259. The Hall–Kier alpha value is -4.19. The summed E-state index contributed by atoms with van der Waals surface area (Å²) in [6.45, 7) is 3.87. The van der Waals surface area contributed by atoms with Crippen molar-refractivity contribution in [2.75, 3.05) is 55.4 Å². The third kappa shape index (κ3) is 6.82. The molecule has 0 saturated carbocycles. The lowest BCUT2D eigenvalue weighted by molar-refractivity contribution is 0.225. The van der Waals surface area contributed by atoms with E-state index in [1.807, 2.05) is 12.1 Å². The van der Waals surface area contributed by atoms with Crippen LogP contribution in [0.15, 0.2) is 73.2 Å². The molecule has 202 valence electrons. The van der Waals surface area contributed by atoms with Gasteiger partial charge in [0.1, 0.15) is 0 Å². The Labute approximate surface area is 231 Å². The first-order valence-electron chi connectivity index (χ1n) is 12.6. The van der Waals surface area contributed by atoms with Crippen LogP contribution >= 0.6 is 11.6 Å². The van der Waals surface area contributed by atoms with Crippen molar-refractivity contribution in [1.82, 2.24) is 30.0 Å². The molecule has 0 unspecified atom stereocenters. The fourth-order valence-corrected chi connectivity index (χ4v) is 4.48. The zero-order chi connectivity index (χ0) is 27.2. The Morgan fingerprint density at radius 1 is 1.08 bits per heavy atom. The summed E-state index contributed by atoms with van der Waals surface area (Å²) in [6.07, 6.45) is 4.80. The predicted octanol–water partition coefficient (Wildman–Crippen LogP) is 3.67. The molecule has 12 heteroatoms. The molecular weight excluding hydrogens is 518 g/mol. The SMILES string of the molecule is CN1CCN(c2ccc(Nc3nccc(-n4cc(NC(=O)N[C@H](CO)c5cccc(Cl)c5)cn4)n3)cc2)CC1. The van der Waals surface area contributed by atoms with E-state index in [-0.39, 0.29) is 6.61 Å². The summed E-state index contributed by atoms with van der Waals surface area (Å²) >= 11 is 6.03. The molecule has 1 aliphatic heterocycles. The maximum atomic E-state index is 12.5. The number of aliphatic hydroxyl groups excluding tert-OH is 1. The number of aromatic nitrogens is 4. The average Bonchev–Trinajstić information content (AvgIpc) is 3.41. The van der Waals surface area contributed by atoms with Crippen molar-refractivity contribution in [2.45, 2.75) is 6.04 Å².